The topological polar surface area (TPSA) is 95.5 Å². The minimum Gasteiger partial charge on any atom is -0.505 e. The molecule has 0 saturated heterocycles. The number of carbonyl (C=O) groups is 1. The Kier molecular flexibility index (Phi) is 3.85. The van der Waals surface area contributed by atoms with Gasteiger partial charge >= 0.3 is 0 Å². The summed E-state index contributed by atoms with van der Waals surface area (Å²) < 4.78 is 41.4. The number of fused-ring (bicyclic) bond motifs is 3. The number of benzene rings is 3. The summed E-state index contributed by atoms with van der Waals surface area (Å²) in [5.41, 5.74) is -0.696. The molecule has 1 aliphatic heterocycles. The fraction of sp³-hybridized carbons (Fsp3) is 0. The number of sulfonamides is 1. The molecule has 1 amide bonds. The zero-order valence-corrected chi connectivity index (χ0v) is 14.5. The Balaban J connectivity index is 1.85. The van der Waals surface area contributed by atoms with Crippen LogP contribution in [0.3, 0.4) is 0 Å². The summed E-state index contributed by atoms with van der Waals surface area (Å²) >= 11 is 0. The smallest absolute Gasteiger partial charge is 0.276 e. The van der Waals surface area contributed by atoms with Gasteiger partial charge in [0.15, 0.2) is 11.5 Å². The van der Waals surface area contributed by atoms with Crippen LogP contribution in [-0.2, 0) is 14.8 Å². The van der Waals surface area contributed by atoms with Crippen molar-refractivity contribution in [2.24, 2.45) is 0 Å². The third-order valence-corrected chi connectivity index (χ3v) is 5.68. The van der Waals surface area contributed by atoms with Crippen LogP contribution in [0.25, 0.3) is 16.5 Å². The molecule has 0 radical (unpaired) electrons. The molecule has 0 bridgehead atoms. The molecule has 1 aliphatic rings. The predicted octanol–water partition coefficient (Wildman–Crippen LogP) is 3.14. The molecule has 1 heterocycles. The summed E-state index contributed by atoms with van der Waals surface area (Å²) in [6.45, 7) is 0. The van der Waals surface area contributed by atoms with E-state index in [1.54, 1.807) is 30.3 Å². The lowest BCUT2D eigenvalue weighted by molar-refractivity contribution is -0.113. The lowest BCUT2D eigenvalue weighted by Crippen LogP contribution is -2.35. The molecule has 4 rings (SSSR count). The molecule has 0 fully saturated rings. The Morgan fingerprint density at radius 1 is 1.00 bits per heavy atom. The van der Waals surface area contributed by atoms with E-state index in [1.165, 1.54) is 24.3 Å². The van der Waals surface area contributed by atoms with Gasteiger partial charge in [0.1, 0.15) is 10.7 Å². The van der Waals surface area contributed by atoms with Crippen molar-refractivity contribution in [3.63, 3.8) is 0 Å². The zero-order chi connectivity index (χ0) is 19.2. The molecule has 0 unspecified atom stereocenters. The van der Waals surface area contributed by atoms with Crippen molar-refractivity contribution >= 4 is 38.1 Å². The first-order valence-electron chi connectivity index (χ1n) is 7.92. The van der Waals surface area contributed by atoms with Crippen LogP contribution in [0, 0.1) is 5.82 Å². The lowest BCUT2D eigenvalue weighted by atomic mass is 10.0. The molecule has 3 aromatic rings. The van der Waals surface area contributed by atoms with E-state index in [0.29, 0.717) is 10.8 Å². The number of anilines is 1. The van der Waals surface area contributed by atoms with Gasteiger partial charge in [0.25, 0.3) is 15.9 Å². The van der Waals surface area contributed by atoms with Crippen molar-refractivity contribution in [2.45, 2.75) is 4.90 Å². The van der Waals surface area contributed by atoms with Gasteiger partial charge in [-0.3, -0.25) is 9.52 Å². The van der Waals surface area contributed by atoms with Gasteiger partial charge in [-0.15, -0.1) is 0 Å². The van der Waals surface area contributed by atoms with Gasteiger partial charge in [0.05, 0.1) is 5.69 Å². The van der Waals surface area contributed by atoms with E-state index in [1.807, 2.05) is 0 Å². The number of nitrogens with one attached hydrogen (secondary N) is 2. The third-order valence-electron chi connectivity index (χ3n) is 4.23. The van der Waals surface area contributed by atoms with Crippen molar-refractivity contribution in [3.05, 3.63) is 77.7 Å². The van der Waals surface area contributed by atoms with E-state index in [4.69, 9.17) is 0 Å². The summed E-state index contributed by atoms with van der Waals surface area (Å²) in [6, 6.07) is 15.3. The number of aliphatic hydroxyl groups is 1. The molecule has 0 spiro atoms. The van der Waals surface area contributed by atoms with Crippen molar-refractivity contribution in [1.82, 2.24) is 4.72 Å². The van der Waals surface area contributed by atoms with Gasteiger partial charge in [0, 0.05) is 10.9 Å². The van der Waals surface area contributed by atoms with E-state index in [-0.39, 0.29) is 16.1 Å². The number of carbonyl (C=O) groups excluding carboxylic acids is 1. The number of hydrogen-bond acceptors (Lipinski definition) is 4. The zero-order valence-electron chi connectivity index (χ0n) is 13.7. The molecule has 8 heteroatoms. The Labute approximate surface area is 154 Å². The monoisotopic (exact) mass is 384 g/mol. The highest BCUT2D eigenvalue weighted by Gasteiger charge is 2.34. The molecule has 0 aliphatic carbocycles. The van der Waals surface area contributed by atoms with Gasteiger partial charge in [-0.2, -0.15) is 0 Å². The summed E-state index contributed by atoms with van der Waals surface area (Å²) in [7, 11) is -4.12. The van der Waals surface area contributed by atoms with E-state index in [2.05, 4.69) is 10.0 Å². The molecular weight excluding hydrogens is 371 g/mol. The number of halogens is 1. The second-order valence-corrected chi connectivity index (χ2v) is 7.55. The van der Waals surface area contributed by atoms with Gasteiger partial charge in [-0.1, -0.05) is 42.5 Å². The van der Waals surface area contributed by atoms with Crippen LogP contribution in [-0.4, -0.2) is 19.4 Å². The largest absolute Gasteiger partial charge is 0.505 e. The van der Waals surface area contributed by atoms with Crippen LogP contribution < -0.4 is 10.0 Å². The molecule has 0 atom stereocenters. The maximum atomic E-state index is 13.7. The normalized spacial score (nSPS) is 15.1. The first-order chi connectivity index (χ1) is 12.9. The molecular formula is C19H13FN2O4S. The first-order valence-corrected chi connectivity index (χ1v) is 9.41. The fourth-order valence-electron chi connectivity index (χ4n) is 2.99. The number of amides is 1. The molecule has 3 aromatic carbocycles. The summed E-state index contributed by atoms with van der Waals surface area (Å²) in [6.07, 6.45) is 0. The maximum Gasteiger partial charge on any atom is 0.276 e. The average Bonchev–Trinajstić information content (AvgIpc) is 2.65. The average molecular weight is 384 g/mol. The summed E-state index contributed by atoms with van der Waals surface area (Å²) in [5, 5.41) is 13.9. The quantitative estimate of drug-likeness (QED) is 0.633. The van der Waals surface area contributed by atoms with Crippen LogP contribution in [0.15, 0.2) is 71.3 Å². The standard InChI is InChI=1S/C19H13FN2O4S/c20-14-7-3-4-8-15(14)21-19(24)16-17(23)13-10-9-11-5-1-2-6-12(11)18(13)27(25,26)22-16/h1-10,22-23H,(H,21,24). The fourth-order valence-corrected chi connectivity index (χ4v) is 4.48. The van der Waals surface area contributed by atoms with Crippen molar-refractivity contribution < 1.29 is 22.7 Å². The van der Waals surface area contributed by atoms with Crippen LogP contribution in [0.2, 0.25) is 0 Å². The van der Waals surface area contributed by atoms with E-state index in [9.17, 15) is 22.7 Å². The Morgan fingerprint density at radius 2 is 1.70 bits per heavy atom. The Morgan fingerprint density at radius 3 is 2.48 bits per heavy atom. The summed E-state index contributed by atoms with van der Waals surface area (Å²) in [5.74, 6) is -2.18. The van der Waals surface area contributed by atoms with Crippen LogP contribution in [0.1, 0.15) is 5.56 Å². The van der Waals surface area contributed by atoms with Crippen LogP contribution in [0.5, 0.6) is 0 Å². The number of para-hydroxylation sites is 1. The highest BCUT2D eigenvalue weighted by atomic mass is 32.2. The SMILES string of the molecule is O=C(Nc1ccccc1F)C1=C(O)c2ccc3ccccc3c2S(=O)(=O)N1. The third kappa shape index (κ3) is 2.80. The van der Waals surface area contributed by atoms with E-state index >= 15 is 0 Å². The predicted molar refractivity (Wildman–Crippen MR) is 98.8 cm³/mol. The molecule has 6 nitrogen and oxygen atoms in total. The van der Waals surface area contributed by atoms with Gasteiger partial charge in [-0.05, 0) is 23.6 Å². The van der Waals surface area contributed by atoms with Crippen LogP contribution >= 0.6 is 0 Å². The van der Waals surface area contributed by atoms with Gasteiger partial charge in [-0.25, -0.2) is 12.8 Å². The highest BCUT2D eigenvalue weighted by molar-refractivity contribution is 7.90. The second-order valence-electron chi connectivity index (χ2n) is 5.93. The second kappa shape index (κ2) is 6.10. The number of hydrogen-bond donors (Lipinski definition) is 3. The Hall–Kier alpha value is -3.39. The number of aliphatic hydroxyl groups excluding tert-OH is 1. The minimum atomic E-state index is -4.12. The van der Waals surface area contributed by atoms with Crippen molar-refractivity contribution in [2.75, 3.05) is 5.32 Å². The van der Waals surface area contributed by atoms with Crippen molar-refractivity contribution in [3.8, 4) is 0 Å². The molecule has 0 saturated carbocycles. The first kappa shape index (κ1) is 17.0. The molecule has 27 heavy (non-hydrogen) atoms. The van der Waals surface area contributed by atoms with Crippen molar-refractivity contribution in [1.29, 1.82) is 0 Å². The van der Waals surface area contributed by atoms with E-state index in [0.717, 1.165) is 6.07 Å². The highest BCUT2D eigenvalue weighted by Crippen LogP contribution is 2.35. The van der Waals surface area contributed by atoms with E-state index < -0.39 is 33.2 Å². The molecule has 0 aromatic heterocycles. The van der Waals surface area contributed by atoms with Crippen LogP contribution in [0.4, 0.5) is 10.1 Å². The van der Waals surface area contributed by atoms with Gasteiger partial charge in [0.2, 0.25) is 0 Å². The van der Waals surface area contributed by atoms with Gasteiger partial charge < -0.3 is 10.4 Å². The Bertz CT molecular complexity index is 1240. The summed E-state index contributed by atoms with van der Waals surface area (Å²) in [4.78, 5) is 12.4. The molecule has 136 valence electrons. The lowest BCUT2D eigenvalue weighted by Gasteiger charge is -2.22. The minimum absolute atomic E-state index is 0.00568. The maximum absolute atomic E-state index is 13.7. The number of rotatable bonds is 2. The molecule has 3 N–H and O–H groups in total.